The van der Waals surface area contributed by atoms with Gasteiger partial charge in [-0.3, -0.25) is 0 Å². The van der Waals surface area contributed by atoms with Crippen LogP contribution in [0.2, 0.25) is 0 Å². The van der Waals surface area contributed by atoms with Gasteiger partial charge in [0.15, 0.2) is 11.6 Å². The Morgan fingerprint density at radius 1 is 1.32 bits per heavy atom. The molecule has 7 nitrogen and oxygen atoms in total. The van der Waals surface area contributed by atoms with Gasteiger partial charge in [-0.05, 0) is 5.92 Å². The first-order chi connectivity index (χ1) is 10.6. The molecule has 0 saturated heterocycles. The largest absolute Gasteiger partial charge is 0.394 e. The molecule has 1 atom stereocenters. The molecule has 7 heteroatoms. The second-order valence-corrected chi connectivity index (χ2v) is 5.75. The zero-order chi connectivity index (χ0) is 15.7. The SMILES string of the molecule is CCC(C)Cc1nc(-c2cnn3ccn(C)c23)n(CCO)n1. The average molecular weight is 302 g/mol. The van der Waals surface area contributed by atoms with Gasteiger partial charge in [-0.2, -0.15) is 10.2 Å². The van der Waals surface area contributed by atoms with Crippen molar-refractivity contribution in [3.05, 3.63) is 24.4 Å². The quantitative estimate of drug-likeness (QED) is 0.749. The molecule has 0 spiro atoms. The Morgan fingerprint density at radius 3 is 2.86 bits per heavy atom. The van der Waals surface area contributed by atoms with E-state index < -0.39 is 0 Å². The number of imidazole rings is 1. The summed E-state index contributed by atoms with van der Waals surface area (Å²) >= 11 is 0. The van der Waals surface area contributed by atoms with Crippen LogP contribution in [0.1, 0.15) is 26.1 Å². The lowest BCUT2D eigenvalue weighted by molar-refractivity contribution is 0.269. The van der Waals surface area contributed by atoms with E-state index in [4.69, 9.17) is 4.98 Å². The molecule has 0 aliphatic carbocycles. The van der Waals surface area contributed by atoms with Gasteiger partial charge < -0.3 is 9.67 Å². The van der Waals surface area contributed by atoms with Crippen molar-refractivity contribution >= 4 is 5.65 Å². The van der Waals surface area contributed by atoms with Crippen LogP contribution in [0.25, 0.3) is 17.0 Å². The van der Waals surface area contributed by atoms with Gasteiger partial charge >= 0.3 is 0 Å². The van der Waals surface area contributed by atoms with E-state index in [1.54, 1.807) is 10.9 Å². The van der Waals surface area contributed by atoms with E-state index in [1.165, 1.54) is 0 Å². The highest BCUT2D eigenvalue weighted by atomic mass is 16.3. The standard InChI is InChI=1S/C15H22N6O/c1-4-11(2)9-13-17-14(20(18-13)7-8-22)12-10-16-21-6-5-19(3)15(12)21/h5-6,10-11,22H,4,7-9H2,1-3H3. The summed E-state index contributed by atoms with van der Waals surface area (Å²) < 4.78 is 5.61. The van der Waals surface area contributed by atoms with Crippen molar-refractivity contribution in [2.45, 2.75) is 33.2 Å². The summed E-state index contributed by atoms with van der Waals surface area (Å²) in [6.07, 6.45) is 7.61. The molecule has 22 heavy (non-hydrogen) atoms. The summed E-state index contributed by atoms with van der Waals surface area (Å²) in [4.78, 5) is 4.70. The molecule has 0 amide bonds. The molecule has 0 aliphatic rings. The fourth-order valence-corrected chi connectivity index (χ4v) is 2.59. The van der Waals surface area contributed by atoms with Gasteiger partial charge in [-0.15, -0.1) is 0 Å². The van der Waals surface area contributed by atoms with E-state index in [1.807, 2.05) is 28.5 Å². The first-order valence-corrected chi connectivity index (χ1v) is 7.67. The van der Waals surface area contributed by atoms with Crippen LogP contribution in [-0.2, 0) is 20.0 Å². The minimum absolute atomic E-state index is 0.0384. The first kappa shape index (κ1) is 14.8. The van der Waals surface area contributed by atoms with E-state index in [0.29, 0.717) is 12.5 Å². The van der Waals surface area contributed by atoms with Gasteiger partial charge in [-0.1, -0.05) is 20.3 Å². The third-order valence-electron chi connectivity index (χ3n) is 4.03. The van der Waals surface area contributed by atoms with Crippen LogP contribution in [0, 0.1) is 5.92 Å². The maximum Gasteiger partial charge on any atom is 0.163 e. The molecule has 0 aliphatic heterocycles. The van der Waals surface area contributed by atoms with Crippen molar-refractivity contribution in [3.8, 4) is 11.4 Å². The zero-order valence-corrected chi connectivity index (χ0v) is 13.3. The molecule has 0 radical (unpaired) electrons. The summed E-state index contributed by atoms with van der Waals surface area (Å²) in [6.45, 7) is 4.84. The lowest BCUT2D eigenvalue weighted by atomic mass is 10.1. The van der Waals surface area contributed by atoms with Crippen molar-refractivity contribution in [2.75, 3.05) is 6.61 Å². The molecule has 3 heterocycles. The molecule has 3 aromatic rings. The molecule has 0 saturated carbocycles. The minimum Gasteiger partial charge on any atom is -0.394 e. The van der Waals surface area contributed by atoms with E-state index in [0.717, 1.165) is 35.7 Å². The summed E-state index contributed by atoms with van der Waals surface area (Å²) in [5, 5.41) is 18.2. The Balaban J connectivity index is 2.06. The first-order valence-electron chi connectivity index (χ1n) is 7.67. The number of aromatic nitrogens is 6. The molecule has 3 rings (SSSR count). The molecular formula is C15H22N6O. The van der Waals surface area contributed by atoms with Crippen molar-refractivity contribution in [2.24, 2.45) is 13.0 Å². The molecule has 118 valence electrons. The van der Waals surface area contributed by atoms with Crippen LogP contribution in [-0.4, -0.2) is 40.7 Å². The van der Waals surface area contributed by atoms with E-state index in [2.05, 4.69) is 24.0 Å². The number of aliphatic hydroxyl groups excluding tert-OH is 1. The average Bonchev–Trinajstić information content (AvgIpc) is 3.17. The van der Waals surface area contributed by atoms with E-state index >= 15 is 0 Å². The minimum atomic E-state index is 0.0384. The normalized spacial score (nSPS) is 13.1. The highest BCUT2D eigenvalue weighted by Gasteiger charge is 2.18. The lowest BCUT2D eigenvalue weighted by Gasteiger charge is -2.03. The van der Waals surface area contributed by atoms with Crippen LogP contribution < -0.4 is 0 Å². The summed E-state index contributed by atoms with van der Waals surface area (Å²) in [5.41, 5.74) is 1.91. The highest BCUT2D eigenvalue weighted by molar-refractivity contribution is 5.73. The predicted octanol–water partition coefficient (Wildman–Crippen LogP) is 1.51. The molecule has 3 aromatic heterocycles. The highest BCUT2D eigenvalue weighted by Crippen LogP contribution is 2.24. The van der Waals surface area contributed by atoms with Crippen molar-refractivity contribution in [1.82, 2.24) is 28.9 Å². The number of aryl methyl sites for hydroxylation is 1. The number of nitrogens with zero attached hydrogens (tertiary/aromatic N) is 6. The summed E-state index contributed by atoms with van der Waals surface area (Å²) in [6, 6.07) is 0. The molecule has 0 bridgehead atoms. The Labute approximate surface area is 129 Å². The van der Waals surface area contributed by atoms with Crippen LogP contribution in [0.4, 0.5) is 0 Å². The van der Waals surface area contributed by atoms with Crippen LogP contribution in [0.3, 0.4) is 0 Å². The molecule has 0 aromatic carbocycles. The summed E-state index contributed by atoms with van der Waals surface area (Å²) in [5.74, 6) is 2.13. The van der Waals surface area contributed by atoms with Gasteiger partial charge in [0, 0.05) is 25.9 Å². The van der Waals surface area contributed by atoms with Crippen molar-refractivity contribution < 1.29 is 5.11 Å². The maximum absolute atomic E-state index is 9.29. The monoisotopic (exact) mass is 302 g/mol. The molecule has 0 fully saturated rings. The third kappa shape index (κ3) is 2.52. The summed E-state index contributed by atoms with van der Waals surface area (Å²) in [7, 11) is 1.98. The molecule has 1 unspecified atom stereocenters. The van der Waals surface area contributed by atoms with Crippen LogP contribution in [0.15, 0.2) is 18.6 Å². The zero-order valence-electron chi connectivity index (χ0n) is 13.3. The molecule has 1 N–H and O–H groups in total. The number of rotatable bonds is 6. The second kappa shape index (κ2) is 5.92. The topological polar surface area (TPSA) is 73.2 Å². The fraction of sp³-hybridized carbons (Fsp3) is 0.533. The number of aliphatic hydroxyl groups is 1. The Morgan fingerprint density at radius 2 is 2.14 bits per heavy atom. The number of fused-ring (bicyclic) bond motifs is 1. The van der Waals surface area contributed by atoms with Gasteiger partial charge in [0.1, 0.15) is 5.65 Å². The van der Waals surface area contributed by atoms with Crippen molar-refractivity contribution in [3.63, 3.8) is 0 Å². The number of hydrogen-bond donors (Lipinski definition) is 1. The second-order valence-electron chi connectivity index (χ2n) is 5.75. The van der Waals surface area contributed by atoms with Crippen LogP contribution in [0.5, 0.6) is 0 Å². The Kier molecular flexibility index (Phi) is 3.98. The third-order valence-corrected chi connectivity index (χ3v) is 4.03. The lowest BCUT2D eigenvalue weighted by Crippen LogP contribution is -2.07. The predicted molar refractivity (Wildman–Crippen MR) is 83.4 cm³/mol. The van der Waals surface area contributed by atoms with Gasteiger partial charge in [0.25, 0.3) is 0 Å². The molecular weight excluding hydrogens is 280 g/mol. The Hall–Kier alpha value is -2.15. The fourth-order valence-electron chi connectivity index (χ4n) is 2.59. The van der Waals surface area contributed by atoms with E-state index in [9.17, 15) is 5.11 Å². The smallest absolute Gasteiger partial charge is 0.163 e. The van der Waals surface area contributed by atoms with Gasteiger partial charge in [-0.25, -0.2) is 14.2 Å². The van der Waals surface area contributed by atoms with Gasteiger partial charge in [0.2, 0.25) is 0 Å². The number of hydrogen-bond acceptors (Lipinski definition) is 4. The maximum atomic E-state index is 9.29. The van der Waals surface area contributed by atoms with Crippen molar-refractivity contribution in [1.29, 1.82) is 0 Å². The van der Waals surface area contributed by atoms with Crippen LogP contribution >= 0.6 is 0 Å². The Bertz CT molecular complexity index is 768. The van der Waals surface area contributed by atoms with E-state index in [-0.39, 0.29) is 6.61 Å². The van der Waals surface area contributed by atoms with Gasteiger partial charge in [0.05, 0.1) is 24.9 Å².